The van der Waals surface area contributed by atoms with Crippen LogP contribution in [0.4, 0.5) is 0 Å². The van der Waals surface area contributed by atoms with E-state index >= 15 is 0 Å². The Balaban J connectivity index is -0.000000150. The van der Waals surface area contributed by atoms with Crippen molar-refractivity contribution < 1.29 is 64.8 Å². The second-order valence-corrected chi connectivity index (χ2v) is 4.62. The quantitative estimate of drug-likeness (QED) is 0.206. The number of carboxylic acids is 4. The number of aliphatic hydroxyl groups excluding tert-OH is 4. The van der Waals surface area contributed by atoms with Crippen molar-refractivity contribution in [3.63, 3.8) is 0 Å². The van der Waals surface area contributed by atoms with Gasteiger partial charge < -0.3 is 45.6 Å². The molecule has 1 fully saturated rings. The van der Waals surface area contributed by atoms with E-state index in [9.17, 15) is 0 Å². The number of rotatable bonds is 0. The number of aliphatic carboxylic acids is 4. The van der Waals surface area contributed by atoms with Crippen LogP contribution in [-0.4, -0.2) is 95.4 Å². The summed E-state index contributed by atoms with van der Waals surface area (Å²) in [5, 5.41) is 73.9. The summed E-state index contributed by atoms with van der Waals surface area (Å²) >= 11 is 0. The Morgan fingerprint density at radius 1 is 0.679 bits per heavy atom. The number of carbonyl (C=O) groups is 4. The molecule has 0 saturated carbocycles. The van der Waals surface area contributed by atoms with Gasteiger partial charge >= 0.3 is 0 Å². The van der Waals surface area contributed by atoms with E-state index in [1.807, 2.05) is 0 Å². The maximum atomic E-state index is 9.06. The van der Waals surface area contributed by atoms with Crippen LogP contribution in [0.15, 0.2) is 0 Å². The number of nitriles is 1. The Morgan fingerprint density at radius 2 is 0.929 bits per heavy atom. The minimum atomic E-state index is -1.63. The Morgan fingerprint density at radius 3 is 1.14 bits per heavy atom. The first kappa shape index (κ1) is 32.8. The van der Waals surface area contributed by atoms with Gasteiger partial charge in [0.25, 0.3) is 23.9 Å². The van der Waals surface area contributed by atoms with Crippen molar-refractivity contribution in [2.24, 2.45) is 0 Å². The van der Waals surface area contributed by atoms with Crippen molar-refractivity contribution in [2.45, 2.75) is 58.4 Å². The van der Waals surface area contributed by atoms with Gasteiger partial charge in [-0.05, 0) is 0 Å². The molecule has 1 aliphatic rings. The van der Waals surface area contributed by atoms with Crippen LogP contribution in [-0.2, 0) is 23.9 Å². The van der Waals surface area contributed by atoms with E-state index < -0.39 is 54.6 Å². The molecular weight excluding hydrogens is 390 g/mol. The van der Waals surface area contributed by atoms with Gasteiger partial charge in [0.15, 0.2) is 12.4 Å². The van der Waals surface area contributed by atoms with E-state index in [0.717, 1.165) is 27.7 Å². The van der Waals surface area contributed by atoms with E-state index in [1.165, 1.54) is 6.07 Å². The first-order chi connectivity index (χ1) is 12.5. The van der Waals surface area contributed by atoms with Crippen molar-refractivity contribution in [1.82, 2.24) is 0 Å². The largest absolute Gasteiger partial charge is 0.481 e. The van der Waals surface area contributed by atoms with Crippen molar-refractivity contribution in [1.29, 1.82) is 5.26 Å². The van der Waals surface area contributed by atoms with Gasteiger partial charge in [-0.3, -0.25) is 19.2 Å². The van der Waals surface area contributed by atoms with Gasteiger partial charge in [0, 0.05) is 27.7 Å². The van der Waals surface area contributed by atoms with Crippen LogP contribution in [0, 0.1) is 11.3 Å². The lowest BCUT2D eigenvalue weighted by Crippen LogP contribution is -2.56. The molecule has 1 saturated heterocycles. The lowest BCUT2D eigenvalue weighted by molar-refractivity contribution is -0.269. The molecule has 164 valence electrons. The summed E-state index contributed by atoms with van der Waals surface area (Å²) in [6, 6.07) is 1.53. The lowest BCUT2D eigenvalue weighted by Gasteiger charge is -2.35. The number of aliphatic hydroxyl groups is 4. The minimum absolute atomic E-state index is 0.833. The van der Waals surface area contributed by atoms with Gasteiger partial charge in [-0.15, -0.1) is 0 Å². The fourth-order valence-electron chi connectivity index (χ4n) is 0.968. The molecule has 0 aromatic rings. The highest BCUT2D eigenvalue weighted by atomic mass is 16.6. The molecule has 8 N–H and O–H groups in total. The normalized spacial score (nSPS) is 24.3. The molecule has 1 aliphatic heterocycles. The monoisotopic (exact) mass is 415 g/mol. The summed E-state index contributed by atoms with van der Waals surface area (Å²) in [6.07, 6.45) is -7.57. The zero-order valence-electron chi connectivity index (χ0n) is 15.5. The van der Waals surface area contributed by atoms with Gasteiger partial charge in [0.1, 0.15) is 18.3 Å². The summed E-state index contributed by atoms with van der Waals surface area (Å²) in [7, 11) is 0. The van der Waals surface area contributed by atoms with Crippen LogP contribution >= 0.6 is 0 Å². The van der Waals surface area contributed by atoms with Gasteiger partial charge in [-0.25, -0.2) is 0 Å². The van der Waals surface area contributed by atoms with Crippen LogP contribution in [0.5, 0.6) is 0 Å². The van der Waals surface area contributed by atoms with Gasteiger partial charge in [0.05, 0.1) is 6.07 Å². The molecule has 5 atom stereocenters. The maximum absolute atomic E-state index is 9.06. The maximum Gasteiger partial charge on any atom is 0.300 e. The topological polar surface area (TPSA) is 263 Å². The number of hydrogen-bond donors (Lipinski definition) is 8. The van der Waals surface area contributed by atoms with Crippen LogP contribution in [0.2, 0.25) is 0 Å². The Kier molecular flexibility index (Phi) is 22.2. The van der Waals surface area contributed by atoms with Crippen LogP contribution in [0.25, 0.3) is 0 Å². The SMILES string of the molecule is CC(=O)O.CC(=O)O.CC(=O)O.CC(=O)O.N#CC1OC(O)[C@@H](O)[C@H](O)[C@@H]1O. The second kappa shape index (κ2) is 18.9. The molecule has 0 radical (unpaired) electrons. The highest BCUT2D eigenvalue weighted by Crippen LogP contribution is 2.18. The fraction of sp³-hybridized carbons (Fsp3) is 0.643. The highest BCUT2D eigenvalue weighted by Gasteiger charge is 2.42. The molecule has 0 amide bonds. The van der Waals surface area contributed by atoms with E-state index in [0.29, 0.717) is 0 Å². The average Bonchev–Trinajstić information content (AvgIpc) is 2.46. The second-order valence-electron chi connectivity index (χ2n) is 4.62. The third kappa shape index (κ3) is 31.0. The van der Waals surface area contributed by atoms with Crippen LogP contribution in [0.3, 0.4) is 0 Å². The molecule has 0 aliphatic carbocycles. The zero-order valence-corrected chi connectivity index (χ0v) is 15.5. The molecule has 0 aromatic heterocycles. The van der Waals surface area contributed by atoms with Crippen molar-refractivity contribution >= 4 is 23.9 Å². The summed E-state index contributed by atoms with van der Waals surface area (Å²) in [6.45, 7) is 4.33. The van der Waals surface area contributed by atoms with Gasteiger partial charge in [-0.1, -0.05) is 0 Å². The molecule has 14 heteroatoms. The van der Waals surface area contributed by atoms with Gasteiger partial charge in [-0.2, -0.15) is 5.26 Å². The zero-order chi connectivity index (χ0) is 23.6. The van der Waals surface area contributed by atoms with E-state index in [2.05, 4.69) is 4.74 Å². The van der Waals surface area contributed by atoms with E-state index in [4.69, 9.17) is 65.3 Å². The molecule has 2 unspecified atom stereocenters. The predicted octanol–water partition coefficient (Wildman–Crippen LogP) is -2.33. The summed E-state index contributed by atoms with van der Waals surface area (Å²) in [5.74, 6) is -3.33. The Bertz CT molecular complexity index is 452. The average molecular weight is 415 g/mol. The summed E-state index contributed by atoms with van der Waals surface area (Å²) < 4.78 is 4.46. The van der Waals surface area contributed by atoms with Crippen molar-refractivity contribution in [3.05, 3.63) is 0 Å². The number of ether oxygens (including phenoxy) is 1. The number of carboxylic acid groups (broad SMARTS) is 4. The molecule has 14 nitrogen and oxygen atoms in total. The first-order valence-corrected chi connectivity index (χ1v) is 7.06. The molecule has 1 rings (SSSR count). The minimum Gasteiger partial charge on any atom is -0.481 e. The van der Waals surface area contributed by atoms with Crippen LogP contribution in [0.1, 0.15) is 27.7 Å². The van der Waals surface area contributed by atoms with Gasteiger partial charge in [0.2, 0.25) is 0 Å². The Hall–Kier alpha value is -2.83. The lowest BCUT2D eigenvalue weighted by atomic mass is 10.00. The van der Waals surface area contributed by atoms with Crippen LogP contribution < -0.4 is 0 Å². The molecular formula is C14H25NO13. The van der Waals surface area contributed by atoms with Crippen molar-refractivity contribution in [2.75, 3.05) is 0 Å². The first-order valence-electron chi connectivity index (χ1n) is 7.06. The third-order valence-electron chi connectivity index (χ3n) is 1.72. The summed E-state index contributed by atoms with van der Waals surface area (Å²) in [5.41, 5.74) is 0. The fourth-order valence-corrected chi connectivity index (χ4v) is 0.968. The molecule has 28 heavy (non-hydrogen) atoms. The van der Waals surface area contributed by atoms with E-state index in [-0.39, 0.29) is 0 Å². The van der Waals surface area contributed by atoms with E-state index in [1.54, 1.807) is 0 Å². The molecule has 0 bridgehead atoms. The highest BCUT2D eigenvalue weighted by molar-refractivity contribution is 5.63. The molecule has 0 aromatic carbocycles. The standard InChI is InChI=1S/C6H9NO5.4C2H4O2/c7-1-2-3(8)4(9)5(10)6(11)12-2;4*1-2(3)4/h2-6,8-11H;4*1H3,(H,3,4)/t2?,3-,4-,5+,6?;;;;/m1..../s1. The van der Waals surface area contributed by atoms with Crippen molar-refractivity contribution in [3.8, 4) is 6.07 Å². The smallest absolute Gasteiger partial charge is 0.300 e. The molecule has 0 spiro atoms. The predicted molar refractivity (Wildman–Crippen MR) is 87.8 cm³/mol. The Labute approximate surface area is 159 Å². The summed E-state index contributed by atoms with van der Waals surface area (Å²) in [4.78, 5) is 36.0. The third-order valence-corrected chi connectivity index (χ3v) is 1.72. The number of hydrogen-bond acceptors (Lipinski definition) is 10. The number of nitrogens with zero attached hydrogens (tertiary/aromatic N) is 1. The molecule has 1 heterocycles.